The molecule has 0 spiro atoms. The van der Waals surface area contributed by atoms with Crippen LogP contribution < -0.4 is 0 Å². The maximum absolute atomic E-state index is 11.4. The highest BCUT2D eigenvalue weighted by Gasteiger charge is 2.42. The van der Waals surface area contributed by atoms with Crippen LogP contribution in [0.4, 0.5) is 0 Å². The highest BCUT2D eigenvalue weighted by Crippen LogP contribution is 2.44. The van der Waals surface area contributed by atoms with Crippen molar-refractivity contribution in [1.29, 1.82) is 0 Å². The van der Waals surface area contributed by atoms with Gasteiger partial charge in [0.25, 0.3) is 0 Å². The largest absolute Gasteiger partial charge is 0.462 e. The van der Waals surface area contributed by atoms with Crippen LogP contribution >= 0.6 is 0 Å². The van der Waals surface area contributed by atoms with E-state index in [4.69, 9.17) is 4.74 Å². The zero-order valence-electron chi connectivity index (χ0n) is 13.8. The van der Waals surface area contributed by atoms with E-state index in [1.165, 1.54) is 12.8 Å². The van der Waals surface area contributed by atoms with Gasteiger partial charge in [-0.05, 0) is 48.3 Å². The van der Waals surface area contributed by atoms with Crippen molar-refractivity contribution in [2.24, 2.45) is 35.5 Å². The van der Waals surface area contributed by atoms with Crippen molar-refractivity contribution < 1.29 is 9.53 Å². The fourth-order valence-corrected chi connectivity index (χ4v) is 3.59. The number of carbonyl (C=O) groups is 1. The van der Waals surface area contributed by atoms with Crippen LogP contribution in [0.2, 0.25) is 0 Å². The maximum Gasteiger partial charge on any atom is 0.302 e. The molecule has 0 aromatic carbocycles. The van der Waals surface area contributed by atoms with Crippen molar-refractivity contribution in [3.63, 3.8) is 0 Å². The van der Waals surface area contributed by atoms with Crippen LogP contribution in [-0.4, -0.2) is 12.1 Å². The smallest absolute Gasteiger partial charge is 0.302 e. The molecule has 0 amide bonds. The van der Waals surface area contributed by atoms with Gasteiger partial charge in [0, 0.05) is 6.92 Å². The second kappa shape index (κ2) is 6.76. The van der Waals surface area contributed by atoms with E-state index < -0.39 is 0 Å². The normalized spacial score (nSPS) is 32.1. The van der Waals surface area contributed by atoms with E-state index in [9.17, 15) is 4.79 Å². The first-order valence-electron chi connectivity index (χ1n) is 7.91. The Balaban J connectivity index is 2.96. The SMILES string of the molecule is CC(=O)OC1[C@@H](C(C)C)CC(C(C)C)C[C@H]1C(C)C. The van der Waals surface area contributed by atoms with Gasteiger partial charge in [-0.1, -0.05) is 41.5 Å². The van der Waals surface area contributed by atoms with E-state index in [0.717, 1.165) is 11.8 Å². The predicted molar refractivity (Wildman–Crippen MR) is 79.8 cm³/mol. The lowest BCUT2D eigenvalue weighted by Crippen LogP contribution is -2.45. The first kappa shape index (κ1) is 16.5. The van der Waals surface area contributed by atoms with Crippen molar-refractivity contribution in [3.05, 3.63) is 0 Å². The fraction of sp³-hybridized carbons (Fsp3) is 0.941. The molecule has 2 heteroatoms. The molecule has 0 heterocycles. The third kappa shape index (κ3) is 4.22. The van der Waals surface area contributed by atoms with E-state index >= 15 is 0 Å². The summed E-state index contributed by atoms with van der Waals surface area (Å²) in [5.41, 5.74) is 0. The van der Waals surface area contributed by atoms with Crippen LogP contribution in [0.1, 0.15) is 61.3 Å². The first-order valence-corrected chi connectivity index (χ1v) is 7.91. The second-order valence-electron chi connectivity index (χ2n) is 7.37. The van der Waals surface area contributed by atoms with E-state index in [0.29, 0.717) is 23.7 Å². The molecule has 1 rings (SSSR count). The minimum atomic E-state index is -0.121. The molecule has 2 nitrogen and oxygen atoms in total. The fourth-order valence-electron chi connectivity index (χ4n) is 3.59. The number of rotatable bonds is 4. The molecular weight excluding hydrogens is 236 g/mol. The highest BCUT2D eigenvalue weighted by atomic mass is 16.5. The van der Waals surface area contributed by atoms with Gasteiger partial charge >= 0.3 is 5.97 Å². The summed E-state index contributed by atoms with van der Waals surface area (Å²) in [4.78, 5) is 11.4. The molecule has 0 N–H and O–H groups in total. The van der Waals surface area contributed by atoms with Crippen LogP contribution in [0, 0.1) is 35.5 Å². The van der Waals surface area contributed by atoms with Crippen molar-refractivity contribution in [2.75, 3.05) is 0 Å². The summed E-state index contributed by atoms with van der Waals surface area (Å²) in [5, 5.41) is 0. The molecule has 1 saturated carbocycles. The average Bonchev–Trinajstić information content (AvgIpc) is 2.27. The van der Waals surface area contributed by atoms with Gasteiger partial charge in [0.1, 0.15) is 6.10 Å². The third-order valence-corrected chi connectivity index (χ3v) is 4.95. The van der Waals surface area contributed by atoms with Crippen LogP contribution in [0.25, 0.3) is 0 Å². The molecule has 112 valence electrons. The van der Waals surface area contributed by atoms with Gasteiger partial charge in [-0.3, -0.25) is 4.79 Å². The first-order chi connectivity index (χ1) is 8.73. The minimum Gasteiger partial charge on any atom is -0.462 e. The summed E-state index contributed by atoms with van der Waals surface area (Å²) in [6, 6.07) is 0. The molecule has 4 atom stereocenters. The van der Waals surface area contributed by atoms with E-state index in [1.54, 1.807) is 6.92 Å². The average molecular weight is 268 g/mol. The molecule has 1 aliphatic rings. The monoisotopic (exact) mass is 268 g/mol. The summed E-state index contributed by atoms with van der Waals surface area (Å²) < 4.78 is 5.73. The van der Waals surface area contributed by atoms with E-state index in [-0.39, 0.29) is 12.1 Å². The predicted octanol–water partition coefficient (Wildman–Crippen LogP) is 4.53. The molecule has 0 aromatic rings. The van der Waals surface area contributed by atoms with Crippen molar-refractivity contribution in [2.45, 2.75) is 67.4 Å². The van der Waals surface area contributed by atoms with E-state index in [1.807, 2.05) is 0 Å². The van der Waals surface area contributed by atoms with Gasteiger partial charge in [-0.15, -0.1) is 0 Å². The maximum atomic E-state index is 11.4. The lowest BCUT2D eigenvalue weighted by Gasteiger charge is -2.45. The van der Waals surface area contributed by atoms with Gasteiger partial charge in [-0.2, -0.15) is 0 Å². The van der Waals surface area contributed by atoms with Gasteiger partial charge in [0.05, 0.1) is 0 Å². The Labute approximate surface area is 119 Å². The molecule has 1 aliphatic carbocycles. The zero-order chi connectivity index (χ0) is 14.7. The summed E-state index contributed by atoms with van der Waals surface area (Å²) in [7, 11) is 0. The van der Waals surface area contributed by atoms with Gasteiger partial charge < -0.3 is 4.74 Å². The lowest BCUT2D eigenvalue weighted by molar-refractivity contribution is -0.161. The third-order valence-electron chi connectivity index (χ3n) is 4.95. The van der Waals surface area contributed by atoms with Crippen molar-refractivity contribution in [1.82, 2.24) is 0 Å². The summed E-state index contributed by atoms with van der Waals surface area (Å²) in [6.45, 7) is 15.3. The topological polar surface area (TPSA) is 26.3 Å². The van der Waals surface area contributed by atoms with Gasteiger partial charge in [-0.25, -0.2) is 0 Å². The summed E-state index contributed by atoms with van der Waals surface area (Å²) >= 11 is 0. The Kier molecular flexibility index (Phi) is 5.88. The molecule has 0 radical (unpaired) electrons. The number of hydrogen-bond donors (Lipinski definition) is 0. The van der Waals surface area contributed by atoms with Crippen molar-refractivity contribution >= 4 is 5.97 Å². The number of carbonyl (C=O) groups excluding carboxylic acids is 1. The zero-order valence-corrected chi connectivity index (χ0v) is 13.8. The van der Waals surface area contributed by atoms with Gasteiger partial charge in [0.2, 0.25) is 0 Å². The number of esters is 1. The minimum absolute atomic E-state index is 0.118. The van der Waals surface area contributed by atoms with Crippen LogP contribution in [0.3, 0.4) is 0 Å². The Morgan fingerprint density at radius 1 is 0.895 bits per heavy atom. The molecule has 0 aromatic heterocycles. The standard InChI is InChI=1S/C17H32O2/c1-10(2)14-8-15(11(3)4)17(19-13(7)18)16(9-14)12(5)6/h10-12,14-17H,8-9H2,1-7H3/t14?,15-,16+,17?. The van der Waals surface area contributed by atoms with Crippen molar-refractivity contribution in [3.8, 4) is 0 Å². The second-order valence-corrected chi connectivity index (χ2v) is 7.37. The Morgan fingerprint density at radius 3 is 1.58 bits per heavy atom. The number of ether oxygens (including phenoxy) is 1. The molecule has 0 bridgehead atoms. The lowest BCUT2D eigenvalue weighted by atomic mass is 9.63. The van der Waals surface area contributed by atoms with E-state index in [2.05, 4.69) is 41.5 Å². The molecule has 19 heavy (non-hydrogen) atoms. The Hall–Kier alpha value is -0.530. The summed E-state index contributed by atoms with van der Waals surface area (Å²) in [6.07, 6.45) is 2.53. The van der Waals surface area contributed by atoms with Crippen LogP contribution in [-0.2, 0) is 9.53 Å². The molecular formula is C17H32O2. The number of hydrogen-bond acceptors (Lipinski definition) is 2. The Bertz CT molecular complexity index is 276. The quantitative estimate of drug-likeness (QED) is 0.700. The summed E-state index contributed by atoms with van der Waals surface area (Å²) in [5.74, 6) is 3.55. The van der Waals surface area contributed by atoms with Gasteiger partial charge in [0.15, 0.2) is 0 Å². The molecule has 2 unspecified atom stereocenters. The Morgan fingerprint density at radius 2 is 1.32 bits per heavy atom. The highest BCUT2D eigenvalue weighted by molar-refractivity contribution is 5.66. The molecule has 0 saturated heterocycles. The molecule has 1 fully saturated rings. The van der Waals surface area contributed by atoms with Crippen LogP contribution in [0.15, 0.2) is 0 Å². The van der Waals surface area contributed by atoms with Crippen LogP contribution in [0.5, 0.6) is 0 Å². The molecule has 0 aliphatic heterocycles.